The summed E-state index contributed by atoms with van der Waals surface area (Å²) in [5, 5.41) is 3.16. The molecule has 0 fully saturated rings. The Bertz CT molecular complexity index is 683. The van der Waals surface area contributed by atoms with E-state index in [2.05, 4.69) is 15.3 Å². The summed E-state index contributed by atoms with van der Waals surface area (Å²) < 4.78 is 26.5. The van der Waals surface area contributed by atoms with Gasteiger partial charge < -0.3 is 10.3 Å². The average molecular weight is 293 g/mol. The van der Waals surface area contributed by atoms with Gasteiger partial charge in [0, 0.05) is 31.1 Å². The van der Waals surface area contributed by atoms with Gasteiger partial charge in [-0.3, -0.25) is 4.79 Å². The van der Waals surface area contributed by atoms with Gasteiger partial charge in [-0.15, -0.1) is 0 Å². The van der Waals surface area contributed by atoms with E-state index in [0.717, 1.165) is 6.07 Å². The van der Waals surface area contributed by atoms with E-state index < -0.39 is 11.6 Å². The Balaban J connectivity index is 2.21. The zero-order chi connectivity index (χ0) is 15.4. The van der Waals surface area contributed by atoms with Crippen LogP contribution in [-0.4, -0.2) is 16.0 Å². The Morgan fingerprint density at radius 3 is 2.71 bits per heavy atom. The molecule has 0 aliphatic carbocycles. The van der Waals surface area contributed by atoms with Gasteiger partial charge in [0.15, 0.2) is 0 Å². The molecule has 0 aliphatic rings. The Morgan fingerprint density at radius 2 is 2.05 bits per heavy atom. The van der Waals surface area contributed by atoms with Gasteiger partial charge in [0.25, 0.3) is 5.56 Å². The van der Waals surface area contributed by atoms with Crippen LogP contribution in [0, 0.1) is 11.6 Å². The van der Waals surface area contributed by atoms with Crippen molar-refractivity contribution in [2.75, 3.05) is 0 Å². The van der Waals surface area contributed by atoms with E-state index in [0.29, 0.717) is 18.1 Å². The van der Waals surface area contributed by atoms with Crippen molar-refractivity contribution < 1.29 is 8.78 Å². The minimum absolute atomic E-state index is 0.108. The van der Waals surface area contributed by atoms with Gasteiger partial charge in [0.2, 0.25) is 0 Å². The summed E-state index contributed by atoms with van der Waals surface area (Å²) in [6, 6.07) is 5.02. The molecule has 4 nitrogen and oxygen atoms in total. The molecule has 112 valence electrons. The van der Waals surface area contributed by atoms with Crippen LogP contribution in [0.3, 0.4) is 0 Å². The van der Waals surface area contributed by atoms with Gasteiger partial charge in [-0.25, -0.2) is 13.8 Å². The minimum Gasteiger partial charge on any atom is -0.310 e. The molecule has 0 saturated carbocycles. The molecule has 0 saturated heterocycles. The second-order valence-electron chi connectivity index (χ2n) is 5.13. The fourth-order valence-electron chi connectivity index (χ4n) is 1.89. The molecule has 1 aromatic carbocycles. The van der Waals surface area contributed by atoms with Crippen LogP contribution in [0.15, 0.2) is 29.1 Å². The maximum atomic E-state index is 13.6. The SMILES string of the molecule is CC(C)NCc1cc(=O)[nH]c(Cc2ccc(F)cc2F)n1. The molecule has 0 aliphatic heterocycles. The fraction of sp³-hybridized carbons (Fsp3) is 0.333. The molecule has 1 aromatic heterocycles. The molecule has 2 aromatic rings. The summed E-state index contributed by atoms with van der Waals surface area (Å²) in [6.45, 7) is 4.43. The van der Waals surface area contributed by atoms with Crippen LogP contribution in [-0.2, 0) is 13.0 Å². The fourth-order valence-corrected chi connectivity index (χ4v) is 1.89. The van der Waals surface area contributed by atoms with Gasteiger partial charge in [0.1, 0.15) is 17.5 Å². The summed E-state index contributed by atoms with van der Waals surface area (Å²) in [4.78, 5) is 18.5. The van der Waals surface area contributed by atoms with Crippen molar-refractivity contribution in [2.24, 2.45) is 0 Å². The number of benzene rings is 1. The normalized spacial score (nSPS) is 11.1. The van der Waals surface area contributed by atoms with Crippen LogP contribution in [0.2, 0.25) is 0 Å². The van der Waals surface area contributed by atoms with Gasteiger partial charge in [-0.05, 0) is 11.6 Å². The largest absolute Gasteiger partial charge is 0.310 e. The van der Waals surface area contributed by atoms with E-state index >= 15 is 0 Å². The maximum absolute atomic E-state index is 13.6. The highest BCUT2D eigenvalue weighted by atomic mass is 19.1. The molecular weight excluding hydrogens is 276 g/mol. The predicted octanol–water partition coefficient (Wildman–Crippen LogP) is 2.14. The first-order chi connectivity index (χ1) is 9.94. The molecule has 2 rings (SSSR count). The first-order valence-electron chi connectivity index (χ1n) is 6.70. The lowest BCUT2D eigenvalue weighted by Crippen LogP contribution is -2.24. The Morgan fingerprint density at radius 1 is 1.29 bits per heavy atom. The highest BCUT2D eigenvalue weighted by molar-refractivity contribution is 5.22. The third kappa shape index (κ3) is 4.46. The Labute approximate surface area is 121 Å². The van der Waals surface area contributed by atoms with Crippen LogP contribution in [0.5, 0.6) is 0 Å². The zero-order valence-corrected chi connectivity index (χ0v) is 11.9. The standard InChI is InChI=1S/C15H17F2N3O/c1-9(2)18-8-12-7-15(21)20-14(19-12)5-10-3-4-11(16)6-13(10)17/h3-4,6-7,9,18H,5,8H2,1-2H3,(H,19,20,21). The molecule has 6 heteroatoms. The molecule has 0 unspecified atom stereocenters. The van der Waals surface area contributed by atoms with Crippen molar-refractivity contribution >= 4 is 0 Å². The third-order valence-electron chi connectivity index (χ3n) is 2.91. The highest BCUT2D eigenvalue weighted by Gasteiger charge is 2.08. The van der Waals surface area contributed by atoms with Crippen molar-refractivity contribution in [2.45, 2.75) is 32.9 Å². The summed E-state index contributed by atoms with van der Waals surface area (Å²) >= 11 is 0. The van der Waals surface area contributed by atoms with Crippen LogP contribution in [0.25, 0.3) is 0 Å². The van der Waals surface area contributed by atoms with E-state index in [4.69, 9.17) is 0 Å². The van der Waals surface area contributed by atoms with Crippen LogP contribution in [0.4, 0.5) is 8.78 Å². The smallest absolute Gasteiger partial charge is 0.251 e. The molecule has 2 N–H and O–H groups in total. The van der Waals surface area contributed by atoms with Gasteiger partial charge in [0.05, 0.1) is 5.69 Å². The third-order valence-corrected chi connectivity index (χ3v) is 2.91. The van der Waals surface area contributed by atoms with Gasteiger partial charge >= 0.3 is 0 Å². The quantitative estimate of drug-likeness (QED) is 0.888. The van der Waals surface area contributed by atoms with Crippen LogP contribution < -0.4 is 10.9 Å². The number of hydrogen-bond acceptors (Lipinski definition) is 3. The number of nitrogens with zero attached hydrogens (tertiary/aromatic N) is 1. The number of aromatic amines is 1. The van der Waals surface area contributed by atoms with E-state index in [1.807, 2.05) is 13.8 Å². The summed E-state index contributed by atoms with van der Waals surface area (Å²) in [5.41, 5.74) is 0.585. The molecule has 0 amide bonds. The van der Waals surface area contributed by atoms with Gasteiger partial charge in [-0.2, -0.15) is 0 Å². The average Bonchev–Trinajstić information content (AvgIpc) is 2.39. The van der Waals surface area contributed by atoms with Crippen LogP contribution >= 0.6 is 0 Å². The monoisotopic (exact) mass is 293 g/mol. The highest BCUT2D eigenvalue weighted by Crippen LogP contribution is 2.12. The van der Waals surface area contributed by atoms with Crippen molar-refractivity contribution in [1.82, 2.24) is 15.3 Å². The Kier molecular flexibility index (Phi) is 4.80. The zero-order valence-electron chi connectivity index (χ0n) is 11.9. The summed E-state index contributed by atoms with van der Waals surface area (Å²) in [7, 11) is 0. The van der Waals surface area contributed by atoms with Gasteiger partial charge in [-0.1, -0.05) is 19.9 Å². The van der Waals surface area contributed by atoms with E-state index in [9.17, 15) is 13.6 Å². The number of H-pyrrole nitrogens is 1. The number of halogens is 2. The molecule has 1 heterocycles. The van der Waals surface area contributed by atoms with Crippen molar-refractivity contribution in [1.29, 1.82) is 0 Å². The lowest BCUT2D eigenvalue weighted by atomic mass is 10.1. The Hall–Kier alpha value is -2.08. The maximum Gasteiger partial charge on any atom is 0.251 e. The van der Waals surface area contributed by atoms with Crippen molar-refractivity contribution in [3.05, 3.63) is 63.3 Å². The molecule has 21 heavy (non-hydrogen) atoms. The van der Waals surface area contributed by atoms with E-state index in [1.165, 1.54) is 18.2 Å². The first-order valence-corrected chi connectivity index (χ1v) is 6.70. The lowest BCUT2D eigenvalue weighted by Gasteiger charge is -2.09. The summed E-state index contributed by atoms with van der Waals surface area (Å²) in [6.07, 6.45) is 0.108. The van der Waals surface area contributed by atoms with E-state index in [-0.39, 0.29) is 23.6 Å². The molecule has 0 spiro atoms. The predicted molar refractivity (Wildman–Crippen MR) is 76.0 cm³/mol. The molecule has 0 bridgehead atoms. The van der Waals surface area contributed by atoms with Crippen molar-refractivity contribution in [3.8, 4) is 0 Å². The number of aromatic nitrogens is 2. The minimum atomic E-state index is -0.650. The first kappa shape index (κ1) is 15.3. The number of nitrogens with one attached hydrogen (secondary N) is 2. The number of hydrogen-bond donors (Lipinski definition) is 2. The molecule has 0 atom stereocenters. The second kappa shape index (κ2) is 6.58. The lowest BCUT2D eigenvalue weighted by molar-refractivity contribution is 0.570. The summed E-state index contributed by atoms with van der Waals surface area (Å²) in [5.74, 6) is -0.926. The topological polar surface area (TPSA) is 57.8 Å². The van der Waals surface area contributed by atoms with Crippen LogP contribution in [0.1, 0.15) is 30.9 Å². The van der Waals surface area contributed by atoms with E-state index in [1.54, 1.807) is 0 Å². The second-order valence-corrected chi connectivity index (χ2v) is 5.13. The molecule has 0 radical (unpaired) electrons. The number of rotatable bonds is 5. The van der Waals surface area contributed by atoms with Crippen molar-refractivity contribution in [3.63, 3.8) is 0 Å². The molecular formula is C15H17F2N3O.